The average molecular weight is 286 g/mol. The summed E-state index contributed by atoms with van der Waals surface area (Å²) in [5, 5.41) is 4.81. The fourth-order valence-electron chi connectivity index (χ4n) is 1.95. The molecular weight excluding hydrogens is 269 g/mol. The minimum atomic E-state index is 0.302. The molecule has 98 valence electrons. The van der Waals surface area contributed by atoms with Crippen LogP contribution in [0.4, 0.5) is 0 Å². The van der Waals surface area contributed by atoms with Gasteiger partial charge in [-0.1, -0.05) is 29.3 Å². The van der Waals surface area contributed by atoms with Crippen molar-refractivity contribution in [2.75, 3.05) is 13.1 Å². The summed E-state index contributed by atoms with van der Waals surface area (Å²) in [4.78, 5) is 0. The molecule has 1 aromatic carbocycles. The van der Waals surface area contributed by atoms with Crippen molar-refractivity contribution in [1.82, 2.24) is 5.32 Å². The molecule has 0 bridgehead atoms. The molecule has 1 aromatic rings. The lowest BCUT2D eigenvalue weighted by Gasteiger charge is -2.19. The predicted octanol–water partition coefficient (Wildman–Crippen LogP) is 3.82. The van der Waals surface area contributed by atoms with Crippen molar-refractivity contribution in [2.45, 2.75) is 25.4 Å². The normalized spacial score (nSPS) is 18.7. The van der Waals surface area contributed by atoms with Crippen LogP contribution in [-0.4, -0.2) is 19.2 Å². The Balaban J connectivity index is 1.70. The van der Waals surface area contributed by atoms with E-state index in [0.29, 0.717) is 11.1 Å². The third-order valence-electron chi connectivity index (χ3n) is 2.98. The zero-order valence-electron chi connectivity index (χ0n) is 10.2. The van der Waals surface area contributed by atoms with E-state index in [1.54, 1.807) is 12.3 Å². The van der Waals surface area contributed by atoms with Crippen LogP contribution < -0.4 is 5.32 Å². The van der Waals surface area contributed by atoms with Gasteiger partial charge in [0.25, 0.3) is 0 Å². The number of allylic oxidation sites excluding steroid dienone is 1. The smallest absolute Gasteiger partial charge is 0.110 e. The van der Waals surface area contributed by atoms with Gasteiger partial charge in [-0.25, -0.2) is 0 Å². The summed E-state index contributed by atoms with van der Waals surface area (Å²) < 4.78 is 5.48. The first-order valence-electron chi connectivity index (χ1n) is 6.21. The molecule has 1 atom stereocenters. The Bertz CT molecular complexity index is 420. The van der Waals surface area contributed by atoms with Gasteiger partial charge in [-0.05, 0) is 49.6 Å². The highest BCUT2D eigenvalue weighted by Crippen LogP contribution is 2.21. The second-order valence-corrected chi connectivity index (χ2v) is 5.24. The van der Waals surface area contributed by atoms with E-state index >= 15 is 0 Å². The summed E-state index contributed by atoms with van der Waals surface area (Å²) >= 11 is 12.0. The summed E-state index contributed by atoms with van der Waals surface area (Å²) in [6.45, 7) is 1.78. The molecule has 1 heterocycles. The van der Waals surface area contributed by atoms with Gasteiger partial charge in [-0.15, -0.1) is 0 Å². The molecular formula is C14H17Cl2NO. The molecule has 1 aliphatic heterocycles. The molecule has 0 fully saturated rings. The molecule has 0 aliphatic carbocycles. The van der Waals surface area contributed by atoms with Gasteiger partial charge >= 0.3 is 0 Å². The topological polar surface area (TPSA) is 21.3 Å². The van der Waals surface area contributed by atoms with Crippen molar-refractivity contribution in [3.8, 4) is 0 Å². The first-order valence-corrected chi connectivity index (χ1v) is 6.96. The van der Waals surface area contributed by atoms with Crippen molar-refractivity contribution in [2.24, 2.45) is 0 Å². The molecule has 0 spiro atoms. The van der Waals surface area contributed by atoms with Gasteiger partial charge in [0.15, 0.2) is 0 Å². The molecule has 0 aromatic heterocycles. The first-order chi connectivity index (χ1) is 8.75. The van der Waals surface area contributed by atoms with E-state index < -0.39 is 0 Å². The average Bonchev–Trinajstić information content (AvgIpc) is 2.38. The van der Waals surface area contributed by atoms with Crippen molar-refractivity contribution < 1.29 is 4.74 Å². The van der Waals surface area contributed by atoms with E-state index in [1.807, 2.05) is 12.1 Å². The van der Waals surface area contributed by atoms with E-state index in [2.05, 4.69) is 11.4 Å². The van der Waals surface area contributed by atoms with Gasteiger partial charge in [0.1, 0.15) is 6.10 Å². The van der Waals surface area contributed by atoms with Crippen LogP contribution in [0.1, 0.15) is 18.4 Å². The lowest BCUT2D eigenvalue weighted by Crippen LogP contribution is -2.30. The highest BCUT2D eigenvalue weighted by molar-refractivity contribution is 6.35. The van der Waals surface area contributed by atoms with Crippen LogP contribution in [0.15, 0.2) is 30.5 Å². The monoisotopic (exact) mass is 285 g/mol. The van der Waals surface area contributed by atoms with E-state index in [9.17, 15) is 0 Å². The molecule has 0 radical (unpaired) electrons. The molecule has 0 amide bonds. The number of rotatable bonds is 5. The predicted molar refractivity (Wildman–Crippen MR) is 76.3 cm³/mol. The molecule has 4 heteroatoms. The van der Waals surface area contributed by atoms with Crippen molar-refractivity contribution in [1.29, 1.82) is 0 Å². The number of nitrogens with one attached hydrogen (secondary N) is 1. The number of hydrogen-bond donors (Lipinski definition) is 1. The lowest BCUT2D eigenvalue weighted by molar-refractivity contribution is 0.123. The molecule has 1 unspecified atom stereocenters. The number of ether oxygens (including phenoxy) is 1. The summed E-state index contributed by atoms with van der Waals surface area (Å²) in [7, 11) is 0. The Hall–Kier alpha value is -0.700. The van der Waals surface area contributed by atoms with Gasteiger partial charge in [0.2, 0.25) is 0 Å². The highest BCUT2D eigenvalue weighted by atomic mass is 35.5. The fraction of sp³-hybridized carbons (Fsp3) is 0.429. The van der Waals surface area contributed by atoms with Crippen molar-refractivity contribution in [3.05, 3.63) is 46.1 Å². The maximum Gasteiger partial charge on any atom is 0.110 e. The summed E-state index contributed by atoms with van der Waals surface area (Å²) in [5.41, 5.74) is 1.12. The number of halogens is 2. The second kappa shape index (κ2) is 7.03. The van der Waals surface area contributed by atoms with E-state index in [1.165, 1.54) is 0 Å². The third-order valence-corrected chi connectivity index (χ3v) is 3.57. The third kappa shape index (κ3) is 4.20. The van der Waals surface area contributed by atoms with Gasteiger partial charge in [-0.3, -0.25) is 0 Å². The lowest BCUT2D eigenvalue weighted by atomic mass is 10.1. The molecule has 1 N–H and O–H groups in total. The second-order valence-electron chi connectivity index (χ2n) is 4.40. The first kappa shape index (κ1) is 13.7. The number of hydrogen-bond acceptors (Lipinski definition) is 2. The van der Waals surface area contributed by atoms with E-state index in [4.69, 9.17) is 27.9 Å². The zero-order chi connectivity index (χ0) is 12.8. The summed E-state index contributed by atoms with van der Waals surface area (Å²) in [6.07, 6.45) is 7.25. The van der Waals surface area contributed by atoms with Crippen LogP contribution >= 0.6 is 23.2 Å². The maximum atomic E-state index is 6.11. The Morgan fingerprint density at radius 1 is 1.33 bits per heavy atom. The van der Waals surface area contributed by atoms with Gasteiger partial charge in [0.05, 0.1) is 6.26 Å². The Morgan fingerprint density at radius 2 is 2.22 bits per heavy atom. The van der Waals surface area contributed by atoms with E-state index in [0.717, 1.165) is 42.9 Å². The SMILES string of the molecule is Clc1ccc(CCNCC2CCC=CO2)c(Cl)c1. The van der Waals surface area contributed by atoms with Crippen molar-refractivity contribution in [3.63, 3.8) is 0 Å². The molecule has 1 aliphatic rings. The van der Waals surface area contributed by atoms with Crippen LogP contribution in [-0.2, 0) is 11.2 Å². The number of benzene rings is 1. The maximum absolute atomic E-state index is 6.11. The van der Waals surface area contributed by atoms with Gasteiger partial charge in [0, 0.05) is 16.6 Å². The van der Waals surface area contributed by atoms with Crippen LogP contribution in [0.2, 0.25) is 10.0 Å². The van der Waals surface area contributed by atoms with Crippen LogP contribution in [0.3, 0.4) is 0 Å². The Kier molecular flexibility index (Phi) is 5.36. The quantitative estimate of drug-likeness (QED) is 0.831. The minimum Gasteiger partial charge on any atom is -0.497 e. The largest absolute Gasteiger partial charge is 0.497 e. The highest BCUT2D eigenvalue weighted by Gasteiger charge is 2.09. The Morgan fingerprint density at radius 3 is 2.94 bits per heavy atom. The summed E-state index contributed by atoms with van der Waals surface area (Å²) in [5.74, 6) is 0. The van der Waals surface area contributed by atoms with Crippen molar-refractivity contribution >= 4 is 23.2 Å². The fourth-order valence-corrected chi connectivity index (χ4v) is 2.45. The van der Waals surface area contributed by atoms with E-state index in [-0.39, 0.29) is 0 Å². The summed E-state index contributed by atoms with van der Waals surface area (Å²) in [6, 6.07) is 5.64. The molecule has 0 saturated heterocycles. The Labute approximate surface area is 118 Å². The van der Waals surface area contributed by atoms with Gasteiger partial charge in [-0.2, -0.15) is 0 Å². The van der Waals surface area contributed by atoms with Gasteiger partial charge < -0.3 is 10.1 Å². The molecule has 18 heavy (non-hydrogen) atoms. The minimum absolute atomic E-state index is 0.302. The molecule has 2 nitrogen and oxygen atoms in total. The zero-order valence-corrected chi connectivity index (χ0v) is 11.7. The van der Waals surface area contributed by atoms with Crippen LogP contribution in [0.5, 0.6) is 0 Å². The van der Waals surface area contributed by atoms with Crippen LogP contribution in [0.25, 0.3) is 0 Å². The van der Waals surface area contributed by atoms with Crippen LogP contribution in [0, 0.1) is 0 Å². The molecule has 0 saturated carbocycles. The standard InChI is InChI=1S/C14H17Cl2NO/c15-12-5-4-11(14(16)9-12)6-7-17-10-13-3-1-2-8-18-13/h2,4-5,8-9,13,17H,1,3,6-7,10H2. The molecule has 2 rings (SSSR count).